The molecule has 0 fully saturated rings. The van der Waals surface area contributed by atoms with Gasteiger partial charge in [-0.25, -0.2) is 24.3 Å². The number of nitrogens with one attached hydrogen (secondary N) is 2. The molecule has 0 saturated carbocycles. The maximum atomic E-state index is 11.5. The highest BCUT2D eigenvalue weighted by Gasteiger charge is 2.06. The maximum absolute atomic E-state index is 11.5. The average Bonchev–Trinajstić information content (AvgIpc) is 2.87. The minimum Gasteiger partial charge on any atom is -0.481 e. The summed E-state index contributed by atoms with van der Waals surface area (Å²) in [5.41, 5.74) is 1.25. The van der Waals surface area contributed by atoms with E-state index >= 15 is 0 Å². The number of aryl methyl sites for hydroxylation is 1. The van der Waals surface area contributed by atoms with Gasteiger partial charge in [0.2, 0.25) is 5.88 Å². The smallest absolute Gasteiger partial charge is 0.349 e. The number of rotatable bonds is 4. The Morgan fingerprint density at radius 2 is 2.29 bits per heavy atom. The molecule has 0 aliphatic rings. The van der Waals surface area contributed by atoms with Gasteiger partial charge in [-0.2, -0.15) is 5.10 Å². The van der Waals surface area contributed by atoms with Crippen LogP contribution in [0.3, 0.4) is 0 Å². The van der Waals surface area contributed by atoms with Crippen molar-refractivity contribution in [2.75, 3.05) is 12.4 Å². The highest BCUT2D eigenvalue weighted by atomic mass is 16.5. The summed E-state index contributed by atoms with van der Waals surface area (Å²) in [7, 11) is 1.58. The zero-order valence-electron chi connectivity index (χ0n) is 11.6. The number of anilines is 1. The van der Waals surface area contributed by atoms with Gasteiger partial charge >= 0.3 is 5.69 Å². The Morgan fingerprint density at radius 3 is 3.10 bits per heavy atom. The second kappa shape index (κ2) is 5.23. The molecule has 3 heterocycles. The Balaban J connectivity index is 1.83. The van der Waals surface area contributed by atoms with Gasteiger partial charge in [-0.15, -0.1) is 0 Å². The molecule has 0 aromatic carbocycles. The first kappa shape index (κ1) is 13.1. The number of fused-ring (bicyclic) bond motifs is 1. The molecular formula is C13H14N6O2. The average molecular weight is 286 g/mol. The fraction of sp³-hybridized carbons (Fsp3) is 0.231. The number of aromatic amines is 1. The number of hydrogen-bond acceptors (Lipinski definition) is 6. The third-order valence-electron chi connectivity index (χ3n) is 3.05. The van der Waals surface area contributed by atoms with E-state index in [0.29, 0.717) is 29.7 Å². The Morgan fingerprint density at radius 1 is 1.43 bits per heavy atom. The van der Waals surface area contributed by atoms with Crippen LogP contribution in [0.2, 0.25) is 0 Å². The topological polar surface area (TPSA) is 97.2 Å². The van der Waals surface area contributed by atoms with Crippen LogP contribution in [-0.4, -0.2) is 31.7 Å². The quantitative estimate of drug-likeness (QED) is 0.734. The van der Waals surface area contributed by atoms with E-state index in [2.05, 4.69) is 25.5 Å². The first-order valence-electron chi connectivity index (χ1n) is 6.35. The lowest BCUT2D eigenvalue weighted by atomic mass is 10.2. The summed E-state index contributed by atoms with van der Waals surface area (Å²) in [4.78, 5) is 19.9. The molecule has 0 atom stereocenters. The highest BCUT2D eigenvalue weighted by Crippen LogP contribution is 2.12. The molecule has 3 aromatic rings. The number of pyridine rings is 1. The summed E-state index contributed by atoms with van der Waals surface area (Å²) in [5.74, 6) is 1.78. The molecule has 0 bridgehead atoms. The fourth-order valence-electron chi connectivity index (χ4n) is 2.05. The van der Waals surface area contributed by atoms with Gasteiger partial charge in [-0.3, -0.25) is 0 Å². The molecule has 8 heteroatoms. The van der Waals surface area contributed by atoms with Crippen LogP contribution in [0.5, 0.6) is 5.88 Å². The summed E-state index contributed by atoms with van der Waals surface area (Å²) in [6, 6.07) is 5.45. The monoisotopic (exact) mass is 286 g/mol. The van der Waals surface area contributed by atoms with Crippen molar-refractivity contribution in [3.63, 3.8) is 0 Å². The van der Waals surface area contributed by atoms with Gasteiger partial charge in [-0.05, 0) is 18.6 Å². The second-order valence-corrected chi connectivity index (χ2v) is 4.47. The Hall–Kier alpha value is -2.90. The van der Waals surface area contributed by atoms with Crippen molar-refractivity contribution >= 4 is 11.5 Å². The molecule has 3 aromatic heterocycles. The summed E-state index contributed by atoms with van der Waals surface area (Å²) in [6.07, 6.45) is 1.69. The van der Waals surface area contributed by atoms with Gasteiger partial charge in [0.1, 0.15) is 11.6 Å². The first-order chi connectivity index (χ1) is 10.2. The lowest BCUT2D eigenvalue weighted by molar-refractivity contribution is 0.397. The normalized spacial score (nSPS) is 10.8. The van der Waals surface area contributed by atoms with Crippen molar-refractivity contribution < 1.29 is 4.74 Å². The number of aromatic nitrogens is 5. The van der Waals surface area contributed by atoms with Crippen LogP contribution in [-0.2, 0) is 6.54 Å². The van der Waals surface area contributed by atoms with Crippen molar-refractivity contribution in [1.29, 1.82) is 0 Å². The first-order valence-corrected chi connectivity index (χ1v) is 6.35. The number of methoxy groups -OCH3 is 1. The van der Waals surface area contributed by atoms with E-state index in [4.69, 9.17) is 4.74 Å². The zero-order chi connectivity index (χ0) is 14.8. The van der Waals surface area contributed by atoms with Crippen molar-refractivity contribution in [2.24, 2.45) is 0 Å². The molecule has 2 N–H and O–H groups in total. The van der Waals surface area contributed by atoms with Crippen LogP contribution in [0.4, 0.5) is 5.82 Å². The van der Waals surface area contributed by atoms with Crippen LogP contribution in [0.15, 0.2) is 29.2 Å². The lowest BCUT2D eigenvalue weighted by Gasteiger charge is -2.08. The van der Waals surface area contributed by atoms with Gasteiger partial charge in [0, 0.05) is 24.9 Å². The molecule has 8 nitrogen and oxygen atoms in total. The highest BCUT2D eigenvalue weighted by molar-refractivity contribution is 5.49. The van der Waals surface area contributed by atoms with E-state index in [0.717, 1.165) is 5.56 Å². The van der Waals surface area contributed by atoms with E-state index in [1.807, 2.05) is 12.1 Å². The molecule has 0 amide bonds. The van der Waals surface area contributed by atoms with Crippen LogP contribution >= 0.6 is 0 Å². The van der Waals surface area contributed by atoms with Gasteiger partial charge < -0.3 is 10.1 Å². The zero-order valence-corrected chi connectivity index (χ0v) is 11.6. The van der Waals surface area contributed by atoms with Gasteiger partial charge in [0.15, 0.2) is 5.65 Å². The molecular weight excluding hydrogens is 272 g/mol. The Kier molecular flexibility index (Phi) is 3.27. The van der Waals surface area contributed by atoms with E-state index in [-0.39, 0.29) is 5.69 Å². The Bertz CT molecular complexity index is 838. The van der Waals surface area contributed by atoms with Crippen LogP contribution < -0.4 is 15.7 Å². The van der Waals surface area contributed by atoms with Crippen LogP contribution in [0.1, 0.15) is 11.4 Å². The molecule has 0 radical (unpaired) electrons. The minimum absolute atomic E-state index is 0.291. The molecule has 0 aliphatic heterocycles. The van der Waals surface area contributed by atoms with Gasteiger partial charge in [0.25, 0.3) is 0 Å². The Labute approximate surface area is 119 Å². The maximum Gasteiger partial charge on any atom is 0.349 e. The summed E-state index contributed by atoms with van der Waals surface area (Å²) in [5, 5.41) is 9.53. The largest absolute Gasteiger partial charge is 0.481 e. The molecule has 0 saturated heterocycles. The van der Waals surface area contributed by atoms with Gasteiger partial charge in [-0.1, -0.05) is 0 Å². The molecule has 3 rings (SSSR count). The molecule has 0 unspecified atom stereocenters. The molecule has 108 valence electrons. The molecule has 0 spiro atoms. The van der Waals surface area contributed by atoms with Crippen LogP contribution in [0.25, 0.3) is 5.65 Å². The summed E-state index contributed by atoms with van der Waals surface area (Å²) >= 11 is 0. The number of nitrogens with zero attached hydrogens (tertiary/aromatic N) is 4. The predicted octanol–water partition coefficient (Wildman–Crippen LogP) is 0.742. The predicted molar refractivity (Wildman–Crippen MR) is 76.5 cm³/mol. The van der Waals surface area contributed by atoms with Crippen molar-refractivity contribution in [2.45, 2.75) is 13.5 Å². The van der Waals surface area contributed by atoms with E-state index in [1.165, 1.54) is 4.40 Å². The molecule has 0 aliphatic carbocycles. The van der Waals surface area contributed by atoms with Crippen molar-refractivity contribution in [1.82, 2.24) is 24.6 Å². The number of ether oxygens (including phenoxy) is 1. The number of hydrogen-bond donors (Lipinski definition) is 2. The van der Waals surface area contributed by atoms with Crippen molar-refractivity contribution in [3.05, 3.63) is 46.3 Å². The standard InChI is InChI=1S/C13H14N6O2/c1-8-16-10(6-11-17-18-13(20)19(8)11)15-7-9-3-4-14-12(5-9)21-2/h3-6,15H,7H2,1-2H3,(H,18,20). The van der Waals surface area contributed by atoms with Crippen LogP contribution in [0, 0.1) is 6.92 Å². The SMILES string of the molecule is COc1cc(CNc2cc3n[nH]c(=O)n3c(C)n2)ccn1. The minimum atomic E-state index is -0.291. The lowest BCUT2D eigenvalue weighted by Crippen LogP contribution is -2.14. The van der Waals surface area contributed by atoms with E-state index in [1.54, 1.807) is 26.3 Å². The number of H-pyrrole nitrogens is 1. The third kappa shape index (κ3) is 2.55. The summed E-state index contributed by atoms with van der Waals surface area (Å²) in [6.45, 7) is 2.32. The van der Waals surface area contributed by atoms with E-state index in [9.17, 15) is 4.79 Å². The summed E-state index contributed by atoms with van der Waals surface area (Å²) < 4.78 is 6.50. The molecule has 21 heavy (non-hydrogen) atoms. The van der Waals surface area contributed by atoms with Gasteiger partial charge in [0.05, 0.1) is 7.11 Å². The van der Waals surface area contributed by atoms with Crippen molar-refractivity contribution in [3.8, 4) is 5.88 Å². The second-order valence-electron chi connectivity index (χ2n) is 4.47. The third-order valence-corrected chi connectivity index (χ3v) is 3.05. The fourth-order valence-corrected chi connectivity index (χ4v) is 2.05. The van der Waals surface area contributed by atoms with E-state index < -0.39 is 0 Å².